The van der Waals surface area contributed by atoms with Crippen molar-refractivity contribution in [1.29, 1.82) is 0 Å². The van der Waals surface area contributed by atoms with Gasteiger partial charge in [-0.15, -0.1) is 0 Å². The van der Waals surface area contributed by atoms with Crippen LogP contribution in [0.2, 0.25) is 5.02 Å². The number of hydrogen-bond acceptors (Lipinski definition) is 4. The number of nitrogens with one attached hydrogen (secondary N) is 1. The first-order chi connectivity index (χ1) is 7.11. The minimum absolute atomic E-state index is 0.0870. The minimum atomic E-state index is 0.0870. The van der Waals surface area contributed by atoms with Crippen LogP contribution in [0, 0.1) is 6.92 Å². The summed E-state index contributed by atoms with van der Waals surface area (Å²) in [6, 6.07) is 1.68. The summed E-state index contributed by atoms with van der Waals surface area (Å²) in [7, 11) is 3.00. The van der Waals surface area contributed by atoms with Crippen LogP contribution in [0.15, 0.2) is 6.07 Å². The molecule has 0 spiro atoms. The molecule has 0 aliphatic heterocycles. The van der Waals surface area contributed by atoms with Gasteiger partial charge in [0, 0.05) is 22.7 Å². The third-order valence-corrected chi connectivity index (χ3v) is 2.52. The highest BCUT2D eigenvalue weighted by molar-refractivity contribution is 6.31. The predicted molar refractivity (Wildman–Crippen MR) is 58.3 cm³/mol. The highest BCUT2D eigenvalue weighted by atomic mass is 35.5. The lowest BCUT2D eigenvalue weighted by molar-refractivity contribution is 0.0860. The van der Waals surface area contributed by atoms with E-state index in [0.29, 0.717) is 22.9 Å². The van der Waals surface area contributed by atoms with Crippen molar-refractivity contribution >= 4 is 11.6 Å². The van der Waals surface area contributed by atoms with Crippen LogP contribution in [0.5, 0.6) is 11.5 Å². The summed E-state index contributed by atoms with van der Waals surface area (Å²) in [5.74, 6) is 0.486. The fraction of sp³-hybridized carbons (Fsp3) is 0.400. The molecule has 0 amide bonds. The van der Waals surface area contributed by atoms with Crippen molar-refractivity contribution < 1.29 is 14.7 Å². The molecular formula is C10H14ClNO3. The zero-order valence-electron chi connectivity index (χ0n) is 8.93. The van der Waals surface area contributed by atoms with Crippen LogP contribution in [0.25, 0.3) is 0 Å². The predicted octanol–water partition coefficient (Wildman–Crippen LogP) is 2.01. The van der Waals surface area contributed by atoms with Gasteiger partial charge in [0.1, 0.15) is 0 Å². The van der Waals surface area contributed by atoms with Gasteiger partial charge < -0.3 is 14.7 Å². The molecule has 0 atom stereocenters. The molecule has 0 aromatic heterocycles. The van der Waals surface area contributed by atoms with Crippen LogP contribution in [0.3, 0.4) is 0 Å². The van der Waals surface area contributed by atoms with E-state index < -0.39 is 0 Å². The summed E-state index contributed by atoms with van der Waals surface area (Å²) < 4.78 is 5.07. The Kier molecular flexibility index (Phi) is 4.20. The van der Waals surface area contributed by atoms with Gasteiger partial charge in [-0.3, -0.25) is 0 Å². The van der Waals surface area contributed by atoms with Gasteiger partial charge in [-0.1, -0.05) is 11.6 Å². The Morgan fingerprint density at radius 3 is 2.67 bits per heavy atom. The lowest BCUT2D eigenvalue weighted by Gasteiger charge is -2.13. The summed E-state index contributed by atoms with van der Waals surface area (Å²) in [5, 5.41) is 10.4. The van der Waals surface area contributed by atoms with Crippen LogP contribution in [-0.4, -0.2) is 19.3 Å². The van der Waals surface area contributed by atoms with Crippen LogP contribution in [0.1, 0.15) is 11.1 Å². The Labute approximate surface area is 93.7 Å². The van der Waals surface area contributed by atoms with E-state index in [9.17, 15) is 5.11 Å². The van der Waals surface area contributed by atoms with Crippen molar-refractivity contribution in [2.45, 2.75) is 13.5 Å². The van der Waals surface area contributed by atoms with Gasteiger partial charge in [0.2, 0.25) is 0 Å². The van der Waals surface area contributed by atoms with Crippen LogP contribution >= 0.6 is 11.6 Å². The minimum Gasteiger partial charge on any atom is -0.504 e. The Hall–Kier alpha value is -0.970. The van der Waals surface area contributed by atoms with Gasteiger partial charge in [0.05, 0.1) is 14.2 Å². The van der Waals surface area contributed by atoms with E-state index in [1.165, 1.54) is 14.2 Å². The molecular weight excluding hydrogens is 218 g/mol. The second-order valence-electron chi connectivity index (χ2n) is 3.05. The largest absolute Gasteiger partial charge is 0.504 e. The monoisotopic (exact) mass is 231 g/mol. The van der Waals surface area contributed by atoms with Crippen molar-refractivity contribution in [1.82, 2.24) is 5.48 Å². The smallest absolute Gasteiger partial charge is 0.165 e. The second kappa shape index (κ2) is 5.21. The first-order valence-corrected chi connectivity index (χ1v) is 4.80. The quantitative estimate of drug-likeness (QED) is 0.779. The number of benzene rings is 1. The molecule has 0 aliphatic rings. The number of hydroxylamine groups is 1. The van der Waals surface area contributed by atoms with Gasteiger partial charge in [0.15, 0.2) is 11.5 Å². The number of hydrogen-bond donors (Lipinski definition) is 2. The number of aromatic hydroxyl groups is 1. The summed E-state index contributed by atoms with van der Waals surface area (Å²) >= 11 is 5.99. The summed E-state index contributed by atoms with van der Waals surface area (Å²) in [4.78, 5) is 4.70. The van der Waals surface area contributed by atoms with Gasteiger partial charge in [-0.05, 0) is 13.0 Å². The Balaban J connectivity index is 3.12. The Morgan fingerprint density at radius 1 is 1.47 bits per heavy atom. The molecule has 0 saturated carbocycles. The van der Waals surface area contributed by atoms with E-state index in [0.717, 1.165) is 5.56 Å². The average Bonchev–Trinajstić information content (AvgIpc) is 2.22. The zero-order valence-corrected chi connectivity index (χ0v) is 9.68. The summed E-state index contributed by atoms with van der Waals surface area (Å²) in [6.45, 7) is 2.15. The van der Waals surface area contributed by atoms with Crippen LogP contribution in [0.4, 0.5) is 0 Å². The lowest BCUT2D eigenvalue weighted by atomic mass is 10.1. The molecule has 5 heteroatoms. The fourth-order valence-electron chi connectivity index (χ4n) is 1.30. The molecule has 0 fully saturated rings. The van der Waals surface area contributed by atoms with Crippen LogP contribution < -0.4 is 10.2 Å². The molecule has 1 aromatic carbocycles. The molecule has 1 aromatic rings. The lowest BCUT2D eigenvalue weighted by Crippen LogP contribution is -2.11. The maximum atomic E-state index is 9.84. The molecule has 0 unspecified atom stereocenters. The zero-order chi connectivity index (χ0) is 11.4. The van der Waals surface area contributed by atoms with E-state index in [1.54, 1.807) is 13.0 Å². The number of phenolic OH excluding ortho intramolecular Hbond substituents is 1. The molecule has 2 N–H and O–H groups in total. The normalized spacial score (nSPS) is 10.4. The Bertz CT molecular complexity index is 355. The first-order valence-electron chi connectivity index (χ1n) is 4.42. The number of rotatable bonds is 4. The summed E-state index contributed by atoms with van der Waals surface area (Å²) in [5.41, 5.74) is 3.98. The highest BCUT2D eigenvalue weighted by Crippen LogP contribution is 2.37. The van der Waals surface area contributed by atoms with Gasteiger partial charge in [0.25, 0.3) is 0 Å². The molecule has 15 heavy (non-hydrogen) atoms. The van der Waals surface area contributed by atoms with Crippen molar-refractivity contribution in [2.24, 2.45) is 0 Å². The highest BCUT2D eigenvalue weighted by Gasteiger charge is 2.14. The molecule has 0 saturated heterocycles. The van der Waals surface area contributed by atoms with E-state index in [4.69, 9.17) is 21.2 Å². The number of halogens is 1. The number of phenols is 1. The molecule has 0 radical (unpaired) electrons. The molecule has 0 heterocycles. The van der Waals surface area contributed by atoms with Gasteiger partial charge in [-0.2, -0.15) is 5.48 Å². The van der Waals surface area contributed by atoms with Crippen molar-refractivity contribution in [2.75, 3.05) is 14.2 Å². The average molecular weight is 232 g/mol. The molecule has 1 rings (SSSR count). The van der Waals surface area contributed by atoms with E-state index >= 15 is 0 Å². The third-order valence-electron chi connectivity index (χ3n) is 2.13. The molecule has 4 nitrogen and oxygen atoms in total. The number of ether oxygens (including phenoxy) is 1. The van der Waals surface area contributed by atoms with Crippen molar-refractivity contribution in [3.8, 4) is 11.5 Å². The summed E-state index contributed by atoms with van der Waals surface area (Å²) in [6.07, 6.45) is 0. The first kappa shape index (κ1) is 12.1. The molecule has 84 valence electrons. The van der Waals surface area contributed by atoms with E-state index in [-0.39, 0.29) is 5.75 Å². The molecule has 0 bridgehead atoms. The second-order valence-corrected chi connectivity index (χ2v) is 3.46. The third kappa shape index (κ3) is 2.53. The Morgan fingerprint density at radius 2 is 2.13 bits per heavy atom. The van der Waals surface area contributed by atoms with Gasteiger partial charge >= 0.3 is 0 Å². The standard InChI is InChI=1S/C10H14ClNO3/c1-6-8(11)4-7(5-12-15-3)9(13)10(6)14-2/h4,12-13H,5H2,1-3H3. The van der Waals surface area contributed by atoms with Crippen molar-refractivity contribution in [3.05, 3.63) is 22.2 Å². The number of methoxy groups -OCH3 is 1. The van der Waals surface area contributed by atoms with E-state index in [2.05, 4.69) is 5.48 Å². The van der Waals surface area contributed by atoms with Crippen molar-refractivity contribution in [3.63, 3.8) is 0 Å². The SMILES string of the molecule is CONCc1cc(Cl)c(C)c(OC)c1O. The maximum Gasteiger partial charge on any atom is 0.165 e. The topological polar surface area (TPSA) is 50.7 Å². The van der Waals surface area contributed by atoms with Crippen LogP contribution in [-0.2, 0) is 11.4 Å². The molecule has 0 aliphatic carbocycles. The van der Waals surface area contributed by atoms with Gasteiger partial charge in [-0.25, -0.2) is 0 Å². The fourth-order valence-corrected chi connectivity index (χ4v) is 1.51. The maximum absolute atomic E-state index is 9.84. The van der Waals surface area contributed by atoms with E-state index in [1.807, 2.05) is 0 Å².